The summed E-state index contributed by atoms with van der Waals surface area (Å²) in [6, 6.07) is 7.47. The van der Waals surface area contributed by atoms with Crippen molar-refractivity contribution in [3.63, 3.8) is 0 Å². The summed E-state index contributed by atoms with van der Waals surface area (Å²) in [4.78, 5) is 7.12. The highest BCUT2D eigenvalue weighted by molar-refractivity contribution is 7.89. The first-order valence-electron chi connectivity index (χ1n) is 10.8. The van der Waals surface area contributed by atoms with Crippen LogP contribution in [-0.2, 0) is 16.4 Å². The second-order valence-electron chi connectivity index (χ2n) is 8.60. The minimum atomic E-state index is -3.69. The number of anilines is 1. The Bertz CT molecular complexity index is 1270. The van der Waals surface area contributed by atoms with Gasteiger partial charge in [0.2, 0.25) is 10.0 Å². The first-order chi connectivity index (χ1) is 15.6. The lowest BCUT2D eigenvalue weighted by Crippen LogP contribution is -2.48. The largest absolute Gasteiger partial charge is 0.345 e. The molecule has 2 aromatic carbocycles. The van der Waals surface area contributed by atoms with Crippen LogP contribution in [0.25, 0.3) is 0 Å². The van der Waals surface area contributed by atoms with Gasteiger partial charge in [-0.3, -0.25) is 0 Å². The Balaban J connectivity index is 1.45. The molecule has 33 heavy (non-hydrogen) atoms. The number of halogens is 2. The highest BCUT2D eigenvalue weighted by Crippen LogP contribution is 2.32. The molecule has 0 N–H and O–H groups in total. The van der Waals surface area contributed by atoms with Crippen molar-refractivity contribution in [1.29, 1.82) is 0 Å². The number of piperazine rings is 1. The molecule has 5 nitrogen and oxygen atoms in total. The number of thiazole rings is 1. The molecular formula is C24H27Cl2N3O2S2. The molecule has 176 valence electrons. The van der Waals surface area contributed by atoms with E-state index < -0.39 is 10.0 Å². The van der Waals surface area contributed by atoms with E-state index in [9.17, 15) is 8.42 Å². The van der Waals surface area contributed by atoms with Crippen LogP contribution in [0.3, 0.4) is 0 Å². The van der Waals surface area contributed by atoms with Crippen molar-refractivity contribution in [3.05, 3.63) is 73.2 Å². The fourth-order valence-corrected chi connectivity index (χ4v) is 7.39. The predicted octanol–water partition coefficient (Wildman–Crippen LogP) is 5.79. The molecular weight excluding hydrogens is 497 g/mol. The second-order valence-corrected chi connectivity index (χ2v) is 12.2. The number of sulfonamides is 1. The Morgan fingerprint density at radius 1 is 0.909 bits per heavy atom. The lowest BCUT2D eigenvalue weighted by Gasteiger charge is -2.34. The van der Waals surface area contributed by atoms with Crippen LogP contribution in [0, 0.1) is 27.7 Å². The molecule has 1 aromatic heterocycles. The number of hydrogen-bond acceptors (Lipinski definition) is 5. The number of aryl methyl sites for hydroxylation is 4. The maximum atomic E-state index is 13.2. The summed E-state index contributed by atoms with van der Waals surface area (Å²) in [7, 11) is -3.69. The number of rotatable bonds is 5. The number of nitrogens with zero attached hydrogens (tertiary/aromatic N) is 3. The van der Waals surface area contributed by atoms with Crippen LogP contribution in [0.15, 0.2) is 34.5 Å². The van der Waals surface area contributed by atoms with Gasteiger partial charge in [0.05, 0.1) is 10.7 Å². The van der Waals surface area contributed by atoms with Crippen molar-refractivity contribution >= 4 is 49.7 Å². The molecule has 1 aliphatic heterocycles. The first-order valence-corrected chi connectivity index (χ1v) is 13.9. The van der Waals surface area contributed by atoms with Crippen molar-refractivity contribution in [2.24, 2.45) is 0 Å². The average molecular weight is 525 g/mol. The third-order valence-corrected chi connectivity index (χ3v) is 9.80. The van der Waals surface area contributed by atoms with Gasteiger partial charge in [0, 0.05) is 43.0 Å². The summed E-state index contributed by atoms with van der Waals surface area (Å²) in [5.41, 5.74) is 6.91. The predicted molar refractivity (Wildman–Crippen MR) is 138 cm³/mol. The quantitative estimate of drug-likeness (QED) is 0.424. The molecule has 0 bridgehead atoms. The van der Waals surface area contributed by atoms with E-state index in [0.717, 1.165) is 17.2 Å². The third-order valence-electron chi connectivity index (χ3n) is 6.08. The summed E-state index contributed by atoms with van der Waals surface area (Å²) >= 11 is 13.9. The van der Waals surface area contributed by atoms with Gasteiger partial charge in [-0.25, -0.2) is 13.4 Å². The van der Waals surface area contributed by atoms with Gasteiger partial charge in [-0.1, -0.05) is 40.9 Å². The number of benzene rings is 2. The second kappa shape index (κ2) is 9.55. The van der Waals surface area contributed by atoms with Crippen LogP contribution in [0.4, 0.5) is 5.13 Å². The van der Waals surface area contributed by atoms with E-state index in [1.807, 2.05) is 0 Å². The molecule has 0 unspecified atom stereocenters. The van der Waals surface area contributed by atoms with E-state index >= 15 is 0 Å². The van der Waals surface area contributed by atoms with Crippen molar-refractivity contribution in [1.82, 2.24) is 9.29 Å². The molecule has 4 rings (SSSR count). The van der Waals surface area contributed by atoms with Gasteiger partial charge in [-0.2, -0.15) is 4.31 Å². The van der Waals surface area contributed by atoms with Crippen LogP contribution in [0.2, 0.25) is 10.0 Å². The molecule has 0 aliphatic carbocycles. The molecule has 0 radical (unpaired) electrons. The molecule has 9 heteroatoms. The Hall–Kier alpha value is -1.64. The van der Waals surface area contributed by atoms with Gasteiger partial charge in [0.25, 0.3) is 0 Å². The van der Waals surface area contributed by atoms with Gasteiger partial charge >= 0.3 is 0 Å². The maximum absolute atomic E-state index is 13.2. The molecule has 0 amide bonds. The van der Waals surface area contributed by atoms with Gasteiger partial charge in [-0.05, 0) is 62.1 Å². The normalized spacial score (nSPS) is 15.3. The summed E-state index contributed by atoms with van der Waals surface area (Å²) in [6.07, 6.45) is 0.803. The zero-order chi connectivity index (χ0) is 23.9. The molecule has 0 atom stereocenters. The van der Waals surface area contributed by atoms with Gasteiger partial charge in [0.1, 0.15) is 4.90 Å². The number of hydrogen-bond donors (Lipinski definition) is 0. The molecule has 1 fully saturated rings. The standard InChI is InChI=1S/C24H27Cl2N3O2S2/c1-15-9-16(2)20(17(3)10-15)12-19-14-32-24(27-19)28-5-7-29(8-6-28)33(30,31)23-11-18(4)21(25)13-22(23)26/h9-11,13-14H,5-8,12H2,1-4H3. The van der Waals surface area contributed by atoms with Gasteiger partial charge in [0.15, 0.2) is 5.13 Å². The van der Waals surface area contributed by atoms with Gasteiger partial charge < -0.3 is 4.90 Å². The van der Waals surface area contributed by atoms with Crippen LogP contribution in [-0.4, -0.2) is 43.9 Å². The van der Waals surface area contributed by atoms with Crippen molar-refractivity contribution < 1.29 is 8.42 Å². The lowest BCUT2D eigenvalue weighted by atomic mass is 9.96. The minimum absolute atomic E-state index is 0.111. The Kier molecular flexibility index (Phi) is 7.08. The minimum Gasteiger partial charge on any atom is -0.345 e. The summed E-state index contributed by atoms with van der Waals surface area (Å²) in [5.74, 6) is 0. The topological polar surface area (TPSA) is 53.5 Å². The number of aromatic nitrogens is 1. The van der Waals surface area contributed by atoms with Crippen molar-refractivity contribution in [3.8, 4) is 0 Å². The summed E-state index contributed by atoms with van der Waals surface area (Å²) < 4.78 is 27.8. The van der Waals surface area contributed by atoms with Crippen molar-refractivity contribution in [2.75, 3.05) is 31.1 Å². The van der Waals surface area contributed by atoms with E-state index in [1.54, 1.807) is 24.3 Å². The van der Waals surface area contributed by atoms with Crippen LogP contribution in [0.5, 0.6) is 0 Å². The van der Waals surface area contributed by atoms with E-state index in [1.165, 1.54) is 32.6 Å². The Morgan fingerprint density at radius 2 is 1.55 bits per heavy atom. The van der Waals surface area contributed by atoms with E-state index in [2.05, 4.69) is 43.2 Å². The smallest absolute Gasteiger partial charge is 0.244 e. The van der Waals surface area contributed by atoms with Crippen molar-refractivity contribution in [2.45, 2.75) is 39.0 Å². The molecule has 0 spiro atoms. The molecule has 0 saturated carbocycles. The Labute approximate surface area is 210 Å². The molecule has 3 aromatic rings. The molecule has 2 heterocycles. The van der Waals surface area contributed by atoms with Gasteiger partial charge in [-0.15, -0.1) is 11.3 Å². The van der Waals surface area contributed by atoms with E-state index in [4.69, 9.17) is 28.2 Å². The monoisotopic (exact) mass is 523 g/mol. The SMILES string of the molecule is Cc1cc(C)c(Cc2csc(N3CCN(S(=O)(=O)c4cc(C)c(Cl)cc4Cl)CC3)n2)c(C)c1. The van der Waals surface area contributed by atoms with Crippen LogP contribution >= 0.6 is 34.5 Å². The zero-order valence-electron chi connectivity index (χ0n) is 19.2. The fourth-order valence-electron chi connectivity index (χ4n) is 4.28. The lowest BCUT2D eigenvalue weighted by molar-refractivity contribution is 0.384. The van der Waals surface area contributed by atoms with E-state index in [0.29, 0.717) is 36.8 Å². The average Bonchev–Trinajstić information content (AvgIpc) is 3.22. The molecule has 1 aliphatic rings. The zero-order valence-corrected chi connectivity index (χ0v) is 22.3. The molecule has 1 saturated heterocycles. The maximum Gasteiger partial charge on any atom is 0.244 e. The van der Waals surface area contributed by atoms with E-state index in [-0.39, 0.29) is 9.92 Å². The highest BCUT2D eigenvalue weighted by atomic mass is 35.5. The third kappa shape index (κ3) is 5.08. The Morgan fingerprint density at radius 3 is 2.18 bits per heavy atom. The fraction of sp³-hybridized carbons (Fsp3) is 0.375. The summed E-state index contributed by atoms with van der Waals surface area (Å²) in [6.45, 7) is 10.1. The summed E-state index contributed by atoms with van der Waals surface area (Å²) in [5, 5.41) is 3.65. The first kappa shape index (κ1) is 24.5. The highest BCUT2D eigenvalue weighted by Gasteiger charge is 2.31. The van der Waals surface area contributed by atoms with Crippen LogP contribution in [0.1, 0.15) is 33.5 Å². The van der Waals surface area contributed by atoms with Crippen LogP contribution < -0.4 is 4.90 Å².